The number of carbonyl (C=O) groups excluding carboxylic acids is 1. The summed E-state index contributed by atoms with van der Waals surface area (Å²) in [7, 11) is 3.17. The Labute approximate surface area is 141 Å². The first kappa shape index (κ1) is 17.5. The number of hydrogen-bond acceptors (Lipinski definition) is 4. The van der Waals surface area contributed by atoms with E-state index in [1.807, 2.05) is 43.3 Å². The molecule has 2 amide bonds. The van der Waals surface area contributed by atoms with E-state index >= 15 is 0 Å². The maximum Gasteiger partial charge on any atom is 0.319 e. The van der Waals surface area contributed by atoms with Crippen molar-refractivity contribution < 1.29 is 19.0 Å². The summed E-state index contributed by atoms with van der Waals surface area (Å²) in [5.74, 6) is 1.98. The minimum atomic E-state index is -0.306. The van der Waals surface area contributed by atoms with Crippen molar-refractivity contribution >= 4 is 11.7 Å². The van der Waals surface area contributed by atoms with E-state index in [9.17, 15) is 4.79 Å². The SMILES string of the molecule is COc1cccc(NC(=O)N[C@H](C)COc2ccccc2OC)c1. The molecule has 2 N–H and O–H groups in total. The maximum absolute atomic E-state index is 12.0. The van der Waals surface area contributed by atoms with Crippen molar-refractivity contribution in [2.24, 2.45) is 0 Å². The minimum Gasteiger partial charge on any atom is -0.497 e. The third-order valence-electron chi connectivity index (χ3n) is 3.26. The Morgan fingerprint density at radius 1 is 1.04 bits per heavy atom. The summed E-state index contributed by atoms with van der Waals surface area (Å²) in [5, 5.41) is 5.57. The molecule has 0 aliphatic rings. The number of para-hydroxylation sites is 2. The van der Waals surface area contributed by atoms with Gasteiger partial charge in [-0.15, -0.1) is 0 Å². The van der Waals surface area contributed by atoms with E-state index in [0.29, 0.717) is 29.5 Å². The average molecular weight is 330 g/mol. The Hall–Kier alpha value is -2.89. The van der Waals surface area contributed by atoms with Crippen molar-refractivity contribution in [3.63, 3.8) is 0 Å². The molecule has 128 valence electrons. The second kappa shape index (κ2) is 8.67. The lowest BCUT2D eigenvalue weighted by Crippen LogP contribution is -2.39. The molecule has 6 heteroatoms. The van der Waals surface area contributed by atoms with Crippen LogP contribution < -0.4 is 24.8 Å². The highest BCUT2D eigenvalue weighted by Crippen LogP contribution is 2.25. The van der Waals surface area contributed by atoms with Gasteiger partial charge in [-0.2, -0.15) is 0 Å². The van der Waals surface area contributed by atoms with Crippen LogP contribution in [0.4, 0.5) is 10.5 Å². The monoisotopic (exact) mass is 330 g/mol. The molecule has 0 unspecified atom stereocenters. The zero-order valence-corrected chi connectivity index (χ0v) is 14.0. The van der Waals surface area contributed by atoms with E-state index < -0.39 is 0 Å². The fraction of sp³-hybridized carbons (Fsp3) is 0.278. The molecule has 6 nitrogen and oxygen atoms in total. The molecule has 0 saturated carbocycles. The summed E-state index contributed by atoms with van der Waals surface area (Å²) in [6, 6.07) is 14.0. The first-order valence-electron chi connectivity index (χ1n) is 7.59. The van der Waals surface area contributed by atoms with Gasteiger partial charge in [0, 0.05) is 11.8 Å². The van der Waals surface area contributed by atoms with Gasteiger partial charge in [-0.25, -0.2) is 4.79 Å². The molecule has 0 fully saturated rings. The van der Waals surface area contributed by atoms with Crippen molar-refractivity contribution in [1.82, 2.24) is 5.32 Å². The second-order valence-corrected chi connectivity index (χ2v) is 5.19. The molecule has 0 aromatic heterocycles. The second-order valence-electron chi connectivity index (χ2n) is 5.19. The fourth-order valence-corrected chi connectivity index (χ4v) is 2.09. The van der Waals surface area contributed by atoms with Crippen LogP contribution in [-0.2, 0) is 0 Å². The Kier molecular flexibility index (Phi) is 6.31. The van der Waals surface area contributed by atoms with Crippen LogP contribution in [-0.4, -0.2) is 32.9 Å². The molecule has 0 spiro atoms. The van der Waals surface area contributed by atoms with Crippen LogP contribution >= 0.6 is 0 Å². The number of ether oxygens (including phenoxy) is 3. The van der Waals surface area contributed by atoms with Gasteiger partial charge in [0.25, 0.3) is 0 Å². The van der Waals surface area contributed by atoms with Crippen molar-refractivity contribution in [3.05, 3.63) is 48.5 Å². The van der Waals surface area contributed by atoms with Gasteiger partial charge < -0.3 is 24.8 Å². The number of methoxy groups -OCH3 is 2. The summed E-state index contributed by atoms with van der Waals surface area (Å²) in [6.07, 6.45) is 0. The van der Waals surface area contributed by atoms with E-state index in [0.717, 1.165) is 0 Å². The van der Waals surface area contributed by atoms with Crippen LogP contribution in [0, 0.1) is 0 Å². The number of carbonyl (C=O) groups is 1. The van der Waals surface area contributed by atoms with Gasteiger partial charge in [0.1, 0.15) is 12.4 Å². The highest BCUT2D eigenvalue weighted by Gasteiger charge is 2.10. The van der Waals surface area contributed by atoms with Crippen molar-refractivity contribution in [3.8, 4) is 17.2 Å². The molecule has 0 radical (unpaired) electrons. The minimum absolute atomic E-state index is 0.180. The molecule has 0 bridgehead atoms. The molecular weight excluding hydrogens is 308 g/mol. The highest BCUT2D eigenvalue weighted by atomic mass is 16.5. The van der Waals surface area contributed by atoms with Gasteiger partial charge in [0.15, 0.2) is 11.5 Å². The van der Waals surface area contributed by atoms with Gasteiger partial charge in [-0.3, -0.25) is 0 Å². The van der Waals surface area contributed by atoms with E-state index in [-0.39, 0.29) is 12.1 Å². The lowest BCUT2D eigenvalue weighted by molar-refractivity contribution is 0.234. The van der Waals surface area contributed by atoms with Gasteiger partial charge in [0.2, 0.25) is 0 Å². The maximum atomic E-state index is 12.0. The van der Waals surface area contributed by atoms with Gasteiger partial charge >= 0.3 is 6.03 Å². The topological polar surface area (TPSA) is 68.8 Å². The molecule has 0 aliphatic carbocycles. The van der Waals surface area contributed by atoms with E-state index in [1.165, 1.54) is 0 Å². The van der Waals surface area contributed by atoms with E-state index in [2.05, 4.69) is 10.6 Å². The Morgan fingerprint density at radius 2 is 1.79 bits per heavy atom. The molecule has 24 heavy (non-hydrogen) atoms. The molecule has 0 heterocycles. The van der Waals surface area contributed by atoms with Crippen LogP contribution in [0.1, 0.15) is 6.92 Å². The number of benzene rings is 2. The zero-order chi connectivity index (χ0) is 17.4. The van der Waals surface area contributed by atoms with Crippen LogP contribution in [0.5, 0.6) is 17.2 Å². The largest absolute Gasteiger partial charge is 0.497 e. The Bertz CT molecular complexity index is 676. The molecule has 2 rings (SSSR count). The number of hydrogen-bond donors (Lipinski definition) is 2. The highest BCUT2D eigenvalue weighted by molar-refractivity contribution is 5.89. The molecule has 0 saturated heterocycles. The van der Waals surface area contributed by atoms with Crippen molar-refractivity contribution in [1.29, 1.82) is 0 Å². The number of anilines is 1. The van der Waals surface area contributed by atoms with Crippen molar-refractivity contribution in [2.45, 2.75) is 13.0 Å². The average Bonchev–Trinajstić information content (AvgIpc) is 2.60. The standard InChI is InChI=1S/C18H22N2O4/c1-13(12-24-17-10-5-4-9-16(17)23-3)19-18(21)20-14-7-6-8-15(11-14)22-2/h4-11,13H,12H2,1-3H3,(H2,19,20,21)/t13-/m1/s1. The Morgan fingerprint density at radius 3 is 2.50 bits per heavy atom. The van der Waals surface area contributed by atoms with E-state index in [1.54, 1.807) is 26.4 Å². The van der Waals surface area contributed by atoms with Gasteiger partial charge in [-0.05, 0) is 31.2 Å². The summed E-state index contributed by atoms with van der Waals surface area (Å²) in [5.41, 5.74) is 0.657. The first-order chi connectivity index (χ1) is 11.6. The van der Waals surface area contributed by atoms with Gasteiger partial charge in [-0.1, -0.05) is 18.2 Å². The Balaban J connectivity index is 1.83. The zero-order valence-electron chi connectivity index (χ0n) is 14.0. The molecule has 2 aromatic carbocycles. The lowest BCUT2D eigenvalue weighted by Gasteiger charge is -2.17. The molecule has 0 aliphatic heterocycles. The van der Waals surface area contributed by atoms with E-state index in [4.69, 9.17) is 14.2 Å². The number of rotatable bonds is 7. The van der Waals surface area contributed by atoms with Crippen molar-refractivity contribution in [2.75, 3.05) is 26.1 Å². The lowest BCUT2D eigenvalue weighted by atomic mass is 10.3. The molecule has 2 aromatic rings. The predicted octanol–water partition coefficient (Wildman–Crippen LogP) is 3.29. The van der Waals surface area contributed by atoms with Crippen LogP contribution in [0.25, 0.3) is 0 Å². The summed E-state index contributed by atoms with van der Waals surface area (Å²) in [6.45, 7) is 2.19. The normalized spacial score (nSPS) is 11.3. The predicted molar refractivity (Wildman–Crippen MR) is 93.1 cm³/mol. The van der Waals surface area contributed by atoms with Crippen LogP contribution in [0.2, 0.25) is 0 Å². The summed E-state index contributed by atoms with van der Waals surface area (Å²) >= 11 is 0. The van der Waals surface area contributed by atoms with Crippen LogP contribution in [0.3, 0.4) is 0 Å². The first-order valence-corrected chi connectivity index (χ1v) is 7.59. The van der Waals surface area contributed by atoms with Crippen LogP contribution in [0.15, 0.2) is 48.5 Å². The number of urea groups is 1. The molecule has 1 atom stereocenters. The smallest absolute Gasteiger partial charge is 0.319 e. The summed E-state index contributed by atoms with van der Waals surface area (Å²) < 4.78 is 16.0. The summed E-state index contributed by atoms with van der Waals surface area (Å²) in [4.78, 5) is 12.0. The quantitative estimate of drug-likeness (QED) is 0.817. The molecular formula is C18H22N2O4. The third kappa shape index (κ3) is 5.08. The third-order valence-corrected chi connectivity index (χ3v) is 3.26. The fourth-order valence-electron chi connectivity index (χ4n) is 2.09. The number of nitrogens with one attached hydrogen (secondary N) is 2. The van der Waals surface area contributed by atoms with Gasteiger partial charge in [0.05, 0.1) is 20.3 Å². The number of amides is 2.